The molecule has 3 unspecified atom stereocenters. The molecule has 4 rings (SSSR count). The third-order valence-corrected chi connectivity index (χ3v) is 5.47. The Morgan fingerprint density at radius 3 is 2.74 bits per heavy atom. The molecule has 2 saturated heterocycles. The molecule has 0 radical (unpaired) electrons. The van der Waals surface area contributed by atoms with Gasteiger partial charge >= 0.3 is 0 Å². The van der Waals surface area contributed by atoms with Crippen molar-refractivity contribution in [2.24, 2.45) is 5.92 Å². The largest absolute Gasteiger partial charge is 0.337 e. The van der Waals surface area contributed by atoms with Gasteiger partial charge in [0.1, 0.15) is 11.5 Å². The standard InChI is InChI=1S/C19H22FN5O2/c20-14-5-3-12(4-6-14)15-10-21-24-18(15)13-2-1-9-25(11-13)19(27)16-7-8-17(26)23-22-16/h3-8,13,15,18,21,24H,1-2,9-11H2,(H,23,26). The summed E-state index contributed by atoms with van der Waals surface area (Å²) in [7, 11) is 0. The molecule has 1 aromatic heterocycles. The normalized spacial score (nSPS) is 25.5. The lowest BCUT2D eigenvalue weighted by Crippen LogP contribution is -2.48. The average Bonchev–Trinajstić information content (AvgIpc) is 3.18. The van der Waals surface area contributed by atoms with Crippen molar-refractivity contribution in [2.75, 3.05) is 19.6 Å². The molecule has 0 aliphatic carbocycles. The summed E-state index contributed by atoms with van der Waals surface area (Å²) in [5.41, 5.74) is 7.58. The van der Waals surface area contributed by atoms with Crippen LogP contribution in [-0.4, -0.2) is 46.7 Å². The average molecular weight is 371 g/mol. The van der Waals surface area contributed by atoms with Gasteiger partial charge in [-0.2, -0.15) is 5.10 Å². The first-order valence-corrected chi connectivity index (χ1v) is 9.20. The fourth-order valence-electron chi connectivity index (χ4n) is 4.11. The van der Waals surface area contributed by atoms with Gasteiger partial charge in [-0.25, -0.2) is 9.49 Å². The third-order valence-electron chi connectivity index (χ3n) is 5.47. The minimum Gasteiger partial charge on any atom is -0.337 e. The summed E-state index contributed by atoms with van der Waals surface area (Å²) < 4.78 is 13.2. The monoisotopic (exact) mass is 371 g/mol. The van der Waals surface area contributed by atoms with Gasteiger partial charge in [0.2, 0.25) is 0 Å². The van der Waals surface area contributed by atoms with E-state index in [-0.39, 0.29) is 40.9 Å². The SMILES string of the molecule is O=C(c1ccc(=O)[nH]n1)N1CCCC(C2NNCC2c2ccc(F)cc2)C1. The van der Waals surface area contributed by atoms with E-state index in [4.69, 9.17) is 0 Å². The predicted molar refractivity (Wildman–Crippen MR) is 97.6 cm³/mol. The fraction of sp³-hybridized carbons (Fsp3) is 0.421. The minimum absolute atomic E-state index is 0.162. The number of hydrogen-bond donors (Lipinski definition) is 3. The number of aromatic amines is 1. The highest BCUT2D eigenvalue weighted by atomic mass is 19.1. The summed E-state index contributed by atoms with van der Waals surface area (Å²) in [6.45, 7) is 2.07. The number of nitrogens with zero attached hydrogens (tertiary/aromatic N) is 2. The number of aromatic nitrogens is 2. The molecule has 3 heterocycles. The van der Waals surface area contributed by atoms with E-state index < -0.39 is 0 Å². The van der Waals surface area contributed by atoms with Crippen molar-refractivity contribution >= 4 is 5.91 Å². The molecule has 2 aromatic rings. The molecular formula is C19H22FN5O2. The number of amides is 1. The molecule has 1 amide bonds. The fourth-order valence-corrected chi connectivity index (χ4v) is 4.11. The number of likely N-dealkylation sites (tertiary alicyclic amines) is 1. The molecule has 2 fully saturated rings. The molecule has 3 atom stereocenters. The van der Waals surface area contributed by atoms with E-state index in [1.165, 1.54) is 24.3 Å². The van der Waals surface area contributed by atoms with Crippen LogP contribution in [0.4, 0.5) is 4.39 Å². The van der Waals surface area contributed by atoms with Crippen molar-refractivity contribution in [2.45, 2.75) is 24.8 Å². The van der Waals surface area contributed by atoms with Gasteiger partial charge in [-0.3, -0.25) is 20.4 Å². The number of nitrogens with one attached hydrogen (secondary N) is 3. The number of carbonyl (C=O) groups excluding carboxylic acids is 1. The zero-order chi connectivity index (χ0) is 18.8. The maximum Gasteiger partial charge on any atom is 0.274 e. The Labute approximate surface area is 155 Å². The van der Waals surface area contributed by atoms with Gasteiger partial charge in [-0.15, -0.1) is 0 Å². The first-order chi connectivity index (χ1) is 13.1. The number of carbonyl (C=O) groups is 1. The van der Waals surface area contributed by atoms with Gasteiger partial charge in [0.15, 0.2) is 0 Å². The van der Waals surface area contributed by atoms with Crippen molar-refractivity contribution in [3.63, 3.8) is 0 Å². The van der Waals surface area contributed by atoms with Crippen molar-refractivity contribution in [3.05, 3.63) is 63.8 Å². The van der Waals surface area contributed by atoms with Crippen LogP contribution in [0.5, 0.6) is 0 Å². The molecule has 142 valence electrons. The molecule has 3 N–H and O–H groups in total. The zero-order valence-electron chi connectivity index (χ0n) is 14.8. The Bertz CT molecular complexity index is 849. The molecule has 0 saturated carbocycles. The lowest BCUT2D eigenvalue weighted by Gasteiger charge is -2.37. The van der Waals surface area contributed by atoms with E-state index in [9.17, 15) is 14.0 Å². The molecule has 2 aliphatic heterocycles. The maximum atomic E-state index is 13.2. The summed E-state index contributed by atoms with van der Waals surface area (Å²) in [4.78, 5) is 25.7. The Kier molecular flexibility index (Phi) is 5.00. The lowest BCUT2D eigenvalue weighted by atomic mass is 9.81. The highest BCUT2D eigenvalue weighted by Crippen LogP contribution is 2.32. The lowest BCUT2D eigenvalue weighted by molar-refractivity contribution is 0.0637. The maximum absolute atomic E-state index is 13.2. The van der Waals surface area contributed by atoms with Crippen LogP contribution < -0.4 is 16.4 Å². The molecule has 7 nitrogen and oxygen atoms in total. The molecule has 0 bridgehead atoms. The van der Waals surface area contributed by atoms with E-state index in [0.29, 0.717) is 13.1 Å². The number of hydrogen-bond acceptors (Lipinski definition) is 5. The van der Waals surface area contributed by atoms with Crippen LogP contribution in [0.25, 0.3) is 0 Å². The Morgan fingerprint density at radius 1 is 1.19 bits per heavy atom. The number of hydrazine groups is 1. The Morgan fingerprint density at radius 2 is 2.00 bits per heavy atom. The van der Waals surface area contributed by atoms with Crippen LogP contribution in [-0.2, 0) is 0 Å². The van der Waals surface area contributed by atoms with Crippen molar-refractivity contribution in [3.8, 4) is 0 Å². The molecule has 8 heteroatoms. The predicted octanol–water partition coefficient (Wildman–Crippen LogP) is 1.02. The van der Waals surface area contributed by atoms with Gasteiger partial charge in [-0.05, 0) is 42.5 Å². The number of benzene rings is 1. The van der Waals surface area contributed by atoms with E-state index in [1.54, 1.807) is 4.90 Å². The quantitative estimate of drug-likeness (QED) is 0.750. The molecule has 0 spiro atoms. The van der Waals surface area contributed by atoms with Crippen LogP contribution >= 0.6 is 0 Å². The van der Waals surface area contributed by atoms with Gasteiger partial charge in [-0.1, -0.05) is 12.1 Å². The van der Waals surface area contributed by atoms with E-state index >= 15 is 0 Å². The van der Waals surface area contributed by atoms with Gasteiger partial charge in [0.25, 0.3) is 11.5 Å². The van der Waals surface area contributed by atoms with E-state index in [1.807, 2.05) is 12.1 Å². The van der Waals surface area contributed by atoms with Crippen LogP contribution in [0.1, 0.15) is 34.8 Å². The number of halogens is 1. The summed E-state index contributed by atoms with van der Waals surface area (Å²) >= 11 is 0. The van der Waals surface area contributed by atoms with Crippen LogP contribution in [0.15, 0.2) is 41.2 Å². The van der Waals surface area contributed by atoms with Crippen LogP contribution in [0, 0.1) is 11.7 Å². The minimum atomic E-state index is -0.327. The molecule has 1 aromatic carbocycles. The molecule has 27 heavy (non-hydrogen) atoms. The topological polar surface area (TPSA) is 90.1 Å². The number of piperidine rings is 1. The zero-order valence-corrected chi connectivity index (χ0v) is 14.8. The summed E-state index contributed by atoms with van der Waals surface area (Å²) in [6, 6.07) is 9.58. The smallest absolute Gasteiger partial charge is 0.274 e. The Hall–Kier alpha value is -2.58. The van der Waals surface area contributed by atoms with E-state index in [2.05, 4.69) is 21.0 Å². The van der Waals surface area contributed by atoms with E-state index in [0.717, 1.165) is 24.9 Å². The van der Waals surface area contributed by atoms with Gasteiger partial charge in [0.05, 0.1) is 0 Å². The Balaban J connectivity index is 1.48. The summed E-state index contributed by atoms with van der Waals surface area (Å²) in [5.74, 6) is 0.0877. The van der Waals surface area contributed by atoms with Gasteiger partial charge in [0, 0.05) is 37.7 Å². The first-order valence-electron chi connectivity index (χ1n) is 9.20. The van der Waals surface area contributed by atoms with Gasteiger partial charge < -0.3 is 4.90 Å². The van der Waals surface area contributed by atoms with Crippen LogP contribution in [0.3, 0.4) is 0 Å². The number of rotatable bonds is 3. The highest BCUT2D eigenvalue weighted by molar-refractivity contribution is 5.92. The molecular weight excluding hydrogens is 349 g/mol. The summed E-state index contributed by atoms with van der Waals surface area (Å²) in [6.07, 6.45) is 1.92. The second-order valence-electron chi connectivity index (χ2n) is 7.17. The first kappa shape index (κ1) is 17.8. The summed E-state index contributed by atoms with van der Waals surface area (Å²) in [5, 5.41) is 6.17. The molecule has 2 aliphatic rings. The second kappa shape index (κ2) is 7.58. The van der Waals surface area contributed by atoms with Crippen molar-refractivity contribution in [1.82, 2.24) is 25.9 Å². The van der Waals surface area contributed by atoms with Crippen molar-refractivity contribution in [1.29, 1.82) is 0 Å². The second-order valence-corrected chi connectivity index (χ2v) is 7.17. The highest BCUT2D eigenvalue weighted by Gasteiger charge is 2.37. The van der Waals surface area contributed by atoms with Crippen LogP contribution in [0.2, 0.25) is 0 Å². The number of H-pyrrole nitrogens is 1. The third kappa shape index (κ3) is 3.77. The van der Waals surface area contributed by atoms with Crippen molar-refractivity contribution < 1.29 is 9.18 Å².